The van der Waals surface area contributed by atoms with E-state index in [9.17, 15) is 4.79 Å². The molecule has 0 bridgehead atoms. The van der Waals surface area contributed by atoms with Gasteiger partial charge in [0, 0.05) is 12.1 Å². The summed E-state index contributed by atoms with van der Waals surface area (Å²) in [5, 5.41) is 3.11. The largest absolute Gasteiger partial charge is 0.486 e. The summed E-state index contributed by atoms with van der Waals surface area (Å²) in [6, 6.07) is 3.28. The van der Waals surface area contributed by atoms with Crippen LogP contribution in [0.4, 0.5) is 5.69 Å². The second-order valence-corrected chi connectivity index (χ2v) is 4.81. The molecule has 0 aliphatic carbocycles. The van der Waals surface area contributed by atoms with Crippen molar-refractivity contribution in [2.45, 2.75) is 6.10 Å². The van der Waals surface area contributed by atoms with Crippen LogP contribution in [0, 0.1) is 0 Å². The molecule has 7 heteroatoms. The number of hydrogen-bond acceptors (Lipinski definition) is 5. The fourth-order valence-electron chi connectivity index (χ4n) is 2.01. The van der Waals surface area contributed by atoms with Gasteiger partial charge in [0.15, 0.2) is 17.6 Å². The van der Waals surface area contributed by atoms with Gasteiger partial charge in [-0.15, -0.1) is 0 Å². The zero-order chi connectivity index (χ0) is 13.9. The van der Waals surface area contributed by atoms with Crippen LogP contribution in [0.3, 0.4) is 0 Å². The number of carbonyl (C=O) groups excluding carboxylic acids is 1. The van der Waals surface area contributed by atoms with Crippen molar-refractivity contribution in [2.75, 3.05) is 38.4 Å². The molecule has 1 fully saturated rings. The first-order valence-electron chi connectivity index (χ1n) is 6.33. The van der Waals surface area contributed by atoms with Crippen LogP contribution in [0.2, 0.25) is 5.02 Å². The molecule has 1 aromatic rings. The van der Waals surface area contributed by atoms with Gasteiger partial charge in [-0.2, -0.15) is 0 Å². The average molecular weight is 300 g/mol. The highest BCUT2D eigenvalue weighted by molar-refractivity contribution is 6.34. The van der Waals surface area contributed by atoms with Crippen LogP contribution >= 0.6 is 11.6 Å². The molecule has 3 rings (SSSR count). The minimum atomic E-state index is -0.618. The predicted octanol–water partition coefficient (Wildman–Crippen LogP) is 1.47. The van der Waals surface area contributed by atoms with Crippen LogP contribution in [0.15, 0.2) is 12.1 Å². The summed E-state index contributed by atoms with van der Waals surface area (Å²) in [5.41, 5.74) is 0.468. The summed E-state index contributed by atoms with van der Waals surface area (Å²) in [7, 11) is 0. The Hall–Kier alpha value is -1.50. The lowest BCUT2D eigenvalue weighted by Gasteiger charge is -2.23. The van der Waals surface area contributed by atoms with Crippen molar-refractivity contribution < 1.29 is 23.7 Å². The number of nitrogens with one attached hydrogen (secondary N) is 1. The van der Waals surface area contributed by atoms with Gasteiger partial charge >= 0.3 is 0 Å². The van der Waals surface area contributed by atoms with Crippen molar-refractivity contribution in [3.05, 3.63) is 17.2 Å². The van der Waals surface area contributed by atoms with E-state index in [-0.39, 0.29) is 12.5 Å². The van der Waals surface area contributed by atoms with E-state index in [0.717, 1.165) is 0 Å². The van der Waals surface area contributed by atoms with E-state index in [2.05, 4.69) is 5.32 Å². The van der Waals surface area contributed by atoms with E-state index in [1.165, 1.54) is 0 Å². The Balaban J connectivity index is 1.74. The Morgan fingerprint density at radius 3 is 2.60 bits per heavy atom. The number of carbonyl (C=O) groups is 1. The Labute approximate surface area is 120 Å². The summed E-state index contributed by atoms with van der Waals surface area (Å²) in [6.45, 7) is 2.12. The van der Waals surface area contributed by atoms with Gasteiger partial charge in [0.1, 0.15) is 13.2 Å². The summed E-state index contributed by atoms with van der Waals surface area (Å²) < 4.78 is 21.4. The van der Waals surface area contributed by atoms with Crippen molar-refractivity contribution in [1.82, 2.24) is 0 Å². The molecule has 20 heavy (non-hydrogen) atoms. The van der Waals surface area contributed by atoms with E-state index in [0.29, 0.717) is 48.6 Å². The summed E-state index contributed by atoms with van der Waals surface area (Å²) in [4.78, 5) is 12.0. The molecule has 6 nitrogen and oxygen atoms in total. The van der Waals surface area contributed by atoms with E-state index < -0.39 is 6.10 Å². The van der Waals surface area contributed by atoms with E-state index in [1.54, 1.807) is 12.1 Å². The van der Waals surface area contributed by atoms with Gasteiger partial charge in [-0.3, -0.25) is 4.79 Å². The molecule has 1 amide bonds. The second-order valence-electron chi connectivity index (χ2n) is 4.40. The zero-order valence-corrected chi connectivity index (χ0v) is 11.4. The SMILES string of the molecule is O=C(Nc1cc2c(cc1Cl)OCCO2)C1COCCO1. The highest BCUT2D eigenvalue weighted by atomic mass is 35.5. The first-order valence-corrected chi connectivity index (χ1v) is 6.71. The number of amides is 1. The third kappa shape index (κ3) is 2.82. The Morgan fingerprint density at radius 2 is 1.90 bits per heavy atom. The number of halogens is 1. The maximum Gasteiger partial charge on any atom is 0.255 e. The lowest BCUT2D eigenvalue weighted by Crippen LogP contribution is -2.39. The van der Waals surface area contributed by atoms with Gasteiger partial charge in [-0.25, -0.2) is 0 Å². The molecule has 0 spiro atoms. The number of hydrogen-bond donors (Lipinski definition) is 1. The van der Waals surface area contributed by atoms with Crippen LogP contribution in [0.1, 0.15) is 0 Å². The predicted molar refractivity (Wildman–Crippen MR) is 71.6 cm³/mol. The summed E-state index contributed by atoms with van der Waals surface area (Å²) in [6.07, 6.45) is -0.618. The molecule has 2 heterocycles. The number of anilines is 1. The number of benzene rings is 1. The molecule has 108 valence electrons. The summed E-state index contributed by atoms with van der Waals surface area (Å²) in [5.74, 6) is 0.858. The van der Waals surface area contributed by atoms with Crippen LogP contribution in [-0.2, 0) is 14.3 Å². The van der Waals surface area contributed by atoms with Crippen LogP contribution in [0.5, 0.6) is 11.5 Å². The fourth-order valence-corrected chi connectivity index (χ4v) is 2.21. The molecule has 2 aliphatic heterocycles. The minimum absolute atomic E-state index is 0.244. The maximum atomic E-state index is 12.0. The molecule has 1 aromatic carbocycles. The number of ether oxygens (including phenoxy) is 4. The number of fused-ring (bicyclic) bond motifs is 1. The van der Waals surface area contributed by atoms with Gasteiger partial charge in [-0.05, 0) is 0 Å². The first kappa shape index (κ1) is 13.5. The average Bonchev–Trinajstić information content (AvgIpc) is 2.49. The highest BCUT2D eigenvalue weighted by Crippen LogP contribution is 2.38. The third-order valence-corrected chi connectivity index (χ3v) is 3.31. The smallest absolute Gasteiger partial charge is 0.255 e. The maximum absolute atomic E-state index is 12.0. The molecule has 1 atom stereocenters. The van der Waals surface area contributed by atoms with Crippen molar-refractivity contribution in [3.63, 3.8) is 0 Å². The summed E-state index contributed by atoms with van der Waals surface area (Å²) >= 11 is 6.12. The van der Waals surface area contributed by atoms with Crippen molar-refractivity contribution in [3.8, 4) is 11.5 Å². The fraction of sp³-hybridized carbons (Fsp3) is 0.462. The minimum Gasteiger partial charge on any atom is -0.486 e. The molecule has 1 unspecified atom stereocenters. The van der Waals surface area contributed by atoms with E-state index in [4.69, 9.17) is 30.5 Å². The molecule has 2 aliphatic rings. The Kier molecular flexibility index (Phi) is 3.95. The van der Waals surface area contributed by atoms with E-state index in [1.807, 2.05) is 0 Å². The van der Waals surface area contributed by atoms with Crippen molar-refractivity contribution in [1.29, 1.82) is 0 Å². The normalized spacial score (nSPS) is 21.4. The Morgan fingerprint density at radius 1 is 1.15 bits per heavy atom. The lowest BCUT2D eigenvalue weighted by atomic mass is 10.2. The van der Waals surface area contributed by atoms with Crippen LogP contribution < -0.4 is 14.8 Å². The van der Waals surface area contributed by atoms with Crippen LogP contribution in [0.25, 0.3) is 0 Å². The standard InChI is InChI=1S/C13H14ClNO5/c14-8-5-10-11(19-4-3-18-10)6-9(8)15-13(16)12-7-17-1-2-20-12/h5-6,12H,1-4,7H2,(H,15,16). The van der Waals surface area contributed by atoms with E-state index >= 15 is 0 Å². The van der Waals surface area contributed by atoms with Crippen molar-refractivity contribution in [2.24, 2.45) is 0 Å². The molecule has 1 N–H and O–H groups in total. The monoisotopic (exact) mass is 299 g/mol. The zero-order valence-electron chi connectivity index (χ0n) is 10.7. The van der Waals surface area contributed by atoms with Gasteiger partial charge in [0.05, 0.1) is 30.5 Å². The molecule has 0 aromatic heterocycles. The quantitative estimate of drug-likeness (QED) is 0.896. The van der Waals surface area contributed by atoms with Gasteiger partial charge < -0.3 is 24.3 Å². The Bertz CT molecular complexity index is 516. The lowest BCUT2D eigenvalue weighted by molar-refractivity contribution is -0.142. The van der Waals surface area contributed by atoms with Gasteiger partial charge in [-0.1, -0.05) is 11.6 Å². The highest BCUT2D eigenvalue weighted by Gasteiger charge is 2.24. The topological polar surface area (TPSA) is 66.0 Å². The molecule has 1 saturated heterocycles. The molecule has 0 radical (unpaired) electrons. The van der Waals surface area contributed by atoms with Crippen LogP contribution in [-0.4, -0.2) is 45.0 Å². The van der Waals surface area contributed by atoms with Gasteiger partial charge in [0.2, 0.25) is 0 Å². The molecular formula is C13H14ClNO5. The second kappa shape index (κ2) is 5.87. The third-order valence-electron chi connectivity index (χ3n) is 3.00. The first-order chi connectivity index (χ1) is 9.74. The van der Waals surface area contributed by atoms with Crippen molar-refractivity contribution >= 4 is 23.2 Å². The molecule has 0 saturated carbocycles. The number of rotatable bonds is 2. The molecular weight excluding hydrogens is 286 g/mol. The van der Waals surface area contributed by atoms with Gasteiger partial charge in [0.25, 0.3) is 5.91 Å².